The van der Waals surface area contributed by atoms with Gasteiger partial charge in [-0.1, -0.05) is 0 Å². The molecule has 1 rings (SSSR count). The summed E-state index contributed by atoms with van der Waals surface area (Å²) in [7, 11) is -3.52. The van der Waals surface area contributed by atoms with Crippen molar-refractivity contribution in [2.45, 2.75) is 19.1 Å². The van der Waals surface area contributed by atoms with Gasteiger partial charge < -0.3 is 15.4 Å². The fourth-order valence-electron chi connectivity index (χ4n) is 1.33. The number of carbonyl (C=O) groups is 2. The molecule has 0 fully saturated rings. The molecule has 0 bridgehead atoms. The Balaban J connectivity index is 3.00. The molecule has 1 aromatic heterocycles. The van der Waals surface area contributed by atoms with Crippen molar-refractivity contribution < 1.29 is 23.1 Å². The Bertz CT molecular complexity index is 587. The van der Waals surface area contributed by atoms with Crippen molar-refractivity contribution in [1.29, 1.82) is 0 Å². The summed E-state index contributed by atoms with van der Waals surface area (Å²) in [5.74, 6) is -1.96. The number of carboxylic acids is 1. The summed E-state index contributed by atoms with van der Waals surface area (Å²) in [5, 5.41) is 10.0. The highest BCUT2D eigenvalue weighted by Crippen LogP contribution is 2.19. The molecule has 1 amide bonds. The maximum Gasteiger partial charge on any atom is 0.339 e. The summed E-state index contributed by atoms with van der Waals surface area (Å²) in [6.07, 6.45) is 2.25. The van der Waals surface area contributed by atoms with Crippen molar-refractivity contribution in [3.8, 4) is 0 Å². The Kier molecular flexibility index (Phi) is 3.80. The lowest BCUT2D eigenvalue weighted by molar-refractivity contribution is -0.115. The van der Waals surface area contributed by atoms with Crippen LogP contribution in [0.4, 0.5) is 5.69 Å². The number of aromatic carboxylic acids is 1. The van der Waals surface area contributed by atoms with Crippen LogP contribution in [0.3, 0.4) is 0 Å². The van der Waals surface area contributed by atoms with Crippen molar-refractivity contribution in [3.63, 3.8) is 0 Å². The van der Waals surface area contributed by atoms with Gasteiger partial charge in [-0.05, 0) is 13.8 Å². The third-order valence-electron chi connectivity index (χ3n) is 2.56. The van der Waals surface area contributed by atoms with Gasteiger partial charge in [0, 0.05) is 18.1 Å². The summed E-state index contributed by atoms with van der Waals surface area (Å²) in [5.41, 5.74) is 0.356. The van der Waals surface area contributed by atoms with Crippen LogP contribution in [-0.2, 0) is 14.6 Å². The van der Waals surface area contributed by atoms with Gasteiger partial charge >= 0.3 is 5.97 Å². The van der Waals surface area contributed by atoms with Crippen molar-refractivity contribution in [2.24, 2.45) is 0 Å². The SMILES string of the molecule is Cc1[nH]cc(NC(=O)C(C)S(C)(=O)=O)c1C(=O)O. The zero-order chi connectivity index (χ0) is 14.1. The second-order valence-corrected chi connectivity index (χ2v) is 6.33. The number of hydrogen-bond donors (Lipinski definition) is 3. The van der Waals surface area contributed by atoms with E-state index in [0.29, 0.717) is 5.69 Å². The van der Waals surface area contributed by atoms with E-state index in [0.717, 1.165) is 6.26 Å². The number of sulfone groups is 1. The molecule has 0 radical (unpaired) electrons. The second kappa shape index (κ2) is 4.81. The molecule has 18 heavy (non-hydrogen) atoms. The average Bonchev–Trinajstić information content (AvgIpc) is 2.57. The van der Waals surface area contributed by atoms with Crippen LogP contribution in [0.2, 0.25) is 0 Å². The predicted molar refractivity (Wildman–Crippen MR) is 65.4 cm³/mol. The number of rotatable bonds is 4. The van der Waals surface area contributed by atoms with E-state index < -0.39 is 27.0 Å². The molecule has 0 aliphatic carbocycles. The first-order valence-corrected chi connectivity index (χ1v) is 7.01. The number of aryl methyl sites for hydroxylation is 1. The van der Waals surface area contributed by atoms with Crippen molar-refractivity contribution in [3.05, 3.63) is 17.5 Å². The molecule has 100 valence electrons. The fourth-order valence-corrected chi connectivity index (χ4v) is 1.78. The van der Waals surface area contributed by atoms with E-state index in [1.165, 1.54) is 13.1 Å². The normalized spacial score (nSPS) is 13.1. The first kappa shape index (κ1) is 14.2. The Morgan fingerprint density at radius 1 is 1.44 bits per heavy atom. The summed E-state index contributed by atoms with van der Waals surface area (Å²) in [6.45, 7) is 2.78. The Hall–Kier alpha value is -1.83. The fraction of sp³-hybridized carbons (Fsp3) is 0.400. The minimum Gasteiger partial charge on any atom is -0.478 e. The number of anilines is 1. The molecule has 1 heterocycles. The van der Waals surface area contributed by atoms with E-state index in [4.69, 9.17) is 5.11 Å². The van der Waals surface area contributed by atoms with Crippen molar-refractivity contribution in [2.75, 3.05) is 11.6 Å². The van der Waals surface area contributed by atoms with E-state index in [2.05, 4.69) is 10.3 Å². The largest absolute Gasteiger partial charge is 0.478 e. The quantitative estimate of drug-likeness (QED) is 0.734. The molecule has 3 N–H and O–H groups in total. The van der Waals surface area contributed by atoms with Crippen LogP contribution >= 0.6 is 0 Å². The summed E-state index contributed by atoms with van der Waals surface area (Å²) in [4.78, 5) is 25.3. The van der Waals surface area contributed by atoms with E-state index >= 15 is 0 Å². The Morgan fingerprint density at radius 3 is 2.44 bits per heavy atom. The van der Waals surface area contributed by atoms with E-state index in [9.17, 15) is 18.0 Å². The van der Waals surface area contributed by atoms with Crippen LogP contribution < -0.4 is 5.32 Å². The minimum absolute atomic E-state index is 0.0560. The van der Waals surface area contributed by atoms with Gasteiger partial charge in [0.05, 0.1) is 5.69 Å². The topological polar surface area (TPSA) is 116 Å². The number of aromatic nitrogens is 1. The number of amides is 1. The van der Waals surface area contributed by atoms with E-state index in [-0.39, 0.29) is 11.3 Å². The average molecular weight is 274 g/mol. The molecular weight excluding hydrogens is 260 g/mol. The van der Waals surface area contributed by atoms with E-state index in [1.807, 2.05) is 0 Å². The summed E-state index contributed by atoms with van der Waals surface area (Å²) < 4.78 is 22.4. The summed E-state index contributed by atoms with van der Waals surface area (Å²) in [6, 6.07) is 0. The second-order valence-electron chi connectivity index (χ2n) is 3.97. The van der Waals surface area contributed by atoms with Crippen molar-refractivity contribution in [1.82, 2.24) is 4.98 Å². The van der Waals surface area contributed by atoms with Gasteiger partial charge in [0.15, 0.2) is 9.84 Å². The van der Waals surface area contributed by atoms with Crippen LogP contribution in [0.25, 0.3) is 0 Å². The zero-order valence-electron chi connectivity index (χ0n) is 10.1. The summed E-state index contributed by atoms with van der Waals surface area (Å²) >= 11 is 0. The molecule has 8 heteroatoms. The molecular formula is C10H14N2O5S. The molecule has 7 nitrogen and oxygen atoms in total. The van der Waals surface area contributed by atoms with Gasteiger partial charge in [-0.25, -0.2) is 13.2 Å². The number of H-pyrrole nitrogens is 1. The number of carbonyl (C=O) groups excluding carboxylic acids is 1. The minimum atomic E-state index is -3.52. The van der Waals surface area contributed by atoms with Crippen LogP contribution in [-0.4, -0.2) is 41.9 Å². The van der Waals surface area contributed by atoms with Crippen LogP contribution in [0.15, 0.2) is 6.20 Å². The van der Waals surface area contributed by atoms with E-state index in [1.54, 1.807) is 6.92 Å². The van der Waals surface area contributed by atoms with Gasteiger partial charge in [-0.2, -0.15) is 0 Å². The number of aromatic amines is 1. The van der Waals surface area contributed by atoms with Gasteiger partial charge in [-0.15, -0.1) is 0 Å². The smallest absolute Gasteiger partial charge is 0.339 e. The lowest BCUT2D eigenvalue weighted by atomic mass is 10.2. The lowest BCUT2D eigenvalue weighted by Gasteiger charge is -2.10. The highest BCUT2D eigenvalue weighted by molar-refractivity contribution is 7.92. The van der Waals surface area contributed by atoms with Crippen molar-refractivity contribution >= 4 is 27.4 Å². The van der Waals surface area contributed by atoms with Crippen LogP contribution in [0.5, 0.6) is 0 Å². The molecule has 1 atom stereocenters. The van der Waals surface area contributed by atoms with Gasteiger partial charge in [-0.3, -0.25) is 4.79 Å². The maximum absolute atomic E-state index is 11.6. The molecule has 0 saturated carbocycles. The number of nitrogens with one attached hydrogen (secondary N) is 2. The van der Waals surface area contributed by atoms with Gasteiger partial charge in [0.25, 0.3) is 0 Å². The first-order valence-electron chi connectivity index (χ1n) is 5.05. The monoisotopic (exact) mass is 274 g/mol. The predicted octanol–water partition coefficient (Wildman–Crippen LogP) is 0.393. The zero-order valence-corrected chi connectivity index (χ0v) is 11.0. The molecule has 0 aromatic carbocycles. The molecule has 1 unspecified atom stereocenters. The van der Waals surface area contributed by atoms with Gasteiger partial charge in [0.2, 0.25) is 5.91 Å². The highest BCUT2D eigenvalue weighted by atomic mass is 32.2. The van der Waals surface area contributed by atoms with Crippen LogP contribution in [0.1, 0.15) is 23.0 Å². The first-order chi connectivity index (χ1) is 8.14. The van der Waals surface area contributed by atoms with Gasteiger partial charge in [0.1, 0.15) is 10.8 Å². The molecule has 0 spiro atoms. The highest BCUT2D eigenvalue weighted by Gasteiger charge is 2.25. The third kappa shape index (κ3) is 2.89. The lowest BCUT2D eigenvalue weighted by Crippen LogP contribution is -2.32. The molecule has 1 aromatic rings. The Morgan fingerprint density at radius 2 is 2.00 bits per heavy atom. The molecule has 0 saturated heterocycles. The molecule has 0 aliphatic heterocycles. The standard InChI is InChI=1S/C10H14N2O5S/c1-5-8(10(14)15)7(4-11-5)12-9(13)6(2)18(3,16)17/h4,6,11H,1-3H3,(H,12,13)(H,14,15). The maximum atomic E-state index is 11.6. The number of hydrogen-bond acceptors (Lipinski definition) is 4. The molecule has 0 aliphatic rings. The third-order valence-corrected chi connectivity index (χ3v) is 4.06. The number of carboxylic acid groups (broad SMARTS) is 1. The Labute approximate surface area is 104 Å². The van der Waals surface area contributed by atoms with Crippen LogP contribution in [0, 0.1) is 6.92 Å².